The van der Waals surface area contributed by atoms with Crippen LogP contribution in [0.3, 0.4) is 0 Å². The van der Waals surface area contributed by atoms with E-state index in [0.717, 1.165) is 57.8 Å². The number of carbonyl (C=O) groups excluding carboxylic acids is 1. The average Bonchev–Trinajstić information content (AvgIpc) is 2.74. The third kappa shape index (κ3) is 18.4. The fourth-order valence-electron chi connectivity index (χ4n) is 3.27. The van der Waals surface area contributed by atoms with Gasteiger partial charge >= 0.3 is 0 Å². The molecule has 172 valence electrons. The maximum absolute atomic E-state index is 12.1. The summed E-state index contributed by atoms with van der Waals surface area (Å²) in [6.07, 6.45) is 29.3. The van der Waals surface area contributed by atoms with Crippen LogP contribution in [0.5, 0.6) is 0 Å². The summed E-state index contributed by atoms with van der Waals surface area (Å²) < 4.78 is 0. The molecule has 0 saturated heterocycles. The zero-order valence-corrected chi connectivity index (χ0v) is 19.9. The third-order valence-corrected chi connectivity index (χ3v) is 5.19. The van der Waals surface area contributed by atoms with Crippen LogP contribution < -0.4 is 5.32 Å². The van der Waals surface area contributed by atoms with Gasteiger partial charge in [0.25, 0.3) is 0 Å². The zero-order chi connectivity index (χ0) is 22.3. The largest absolute Gasteiger partial charge is 0.388 e. The Kier molecular flexibility index (Phi) is 19.5. The van der Waals surface area contributed by atoms with Crippen molar-refractivity contribution >= 4 is 5.91 Å². The standard InChI is InChI=1S/C27H47NO2/c1-4-7-10-13-14-15-16-17-18-19-22-26(29)28-25-27(30,23-20-11-8-5-2)24-21-12-9-6-3/h7,10,13-16,19,22,30H,4-6,8-9,11-12,17-18,20-21,23-25H2,1-3H3,(H,28,29). The molecule has 0 heterocycles. The van der Waals surface area contributed by atoms with Gasteiger partial charge in [-0.05, 0) is 38.2 Å². The van der Waals surface area contributed by atoms with Gasteiger partial charge in [-0.15, -0.1) is 0 Å². The maximum Gasteiger partial charge on any atom is 0.243 e. The Bertz CT molecular complexity index is 505. The maximum atomic E-state index is 12.1. The molecule has 0 aromatic rings. The number of amides is 1. The summed E-state index contributed by atoms with van der Waals surface area (Å²) in [4.78, 5) is 12.1. The van der Waals surface area contributed by atoms with Crippen molar-refractivity contribution in [2.45, 2.75) is 110 Å². The fourth-order valence-corrected chi connectivity index (χ4v) is 3.27. The van der Waals surface area contributed by atoms with E-state index >= 15 is 0 Å². The van der Waals surface area contributed by atoms with Crippen LogP contribution in [0.4, 0.5) is 0 Å². The molecule has 1 amide bonds. The summed E-state index contributed by atoms with van der Waals surface area (Å²) in [7, 11) is 0. The minimum atomic E-state index is -0.772. The number of carbonyl (C=O) groups is 1. The molecule has 0 spiro atoms. The van der Waals surface area contributed by atoms with Crippen LogP contribution in [-0.2, 0) is 4.79 Å². The number of hydrogen-bond donors (Lipinski definition) is 2. The van der Waals surface area contributed by atoms with Gasteiger partial charge in [0.2, 0.25) is 5.91 Å². The van der Waals surface area contributed by atoms with Crippen LogP contribution in [0.15, 0.2) is 48.6 Å². The highest BCUT2D eigenvalue weighted by atomic mass is 16.3. The molecular formula is C27H47NO2. The highest BCUT2D eigenvalue weighted by Gasteiger charge is 2.26. The number of nitrogens with one attached hydrogen (secondary N) is 1. The monoisotopic (exact) mass is 417 g/mol. The number of unbranched alkanes of at least 4 members (excludes halogenated alkanes) is 7. The molecule has 0 radical (unpaired) electrons. The van der Waals surface area contributed by atoms with Crippen LogP contribution in [0.2, 0.25) is 0 Å². The van der Waals surface area contributed by atoms with Crippen molar-refractivity contribution in [1.29, 1.82) is 0 Å². The molecule has 0 atom stereocenters. The van der Waals surface area contributed by atoms with Crippen LogP contribution in [0.25, 0.3) is 0 Å². The summed E-state index contributed by atoms with van der Waals surface area (Å²) in [5.74, 6) is -0.107. The molecule has 0 saturated carbocycles. The molecule has 3 nitrogen and oxygen atoms in total. The first-order valence-corrected chi connectivity index (χ1v) is 12.2. The predicted molar refractivity (Wildman–Crippen MR) is 132 cm³/mol. The SMILES string of the molecule is CCC=CC=CC=CCCC=CC(=O)NCC(O)(CCCCCC)CCCCCC. The van der Waals surface area contributed by atoms with Gasteiger partial charge < -0.3 is 10.4 Å². The van der Waals surface area contributed by atoms with Crippen LogP contribution in [0.1, 0.15) is 104 Å². The van der Waals surface area contributed by atoms with Crippen LogP contribution in [-0.4, -0.2) is 23.2 Å². The summed E-state index contributed by atoms with van der Waals surface area (Å²) in [6.45, 7) is 6.86. The molecule has 0 rings (SSSR count). The lowest BCUT2D eigenvalue weighted by atomic mass is 9.89. The molecule has 0 aromatic heterocycles. The van der Waals surface area contributed by atoms with Gasteiger partial charge in [0.1, 0.15) is 0 Å². The lowest BCUT2D eigenvalue weighted by Gasteiger charge is -2.28. The highest BCUT2D eigenvalue weighted by molar-refractivity contribution is 5.87. The first kappa shape index (κ1) is 28.4. The van der Waals surface area contributed by atoms with E-state index in [0.29, 0.717) is 6.54 Å². The van der Waals surface area contributed by atoms with Gasteiger partial charge in [0, 0.05) is 6.54 Å². The summed E-state index contributed by atoms with van der Waals surface area (Å²) in [6, 6.07) is 0. The Morgan fingerprint density at radius 1 is 0.767 bits per heavy atom. The number of hydrogen-bond acceptors (Lipinski definition) is 2. The van der Waals surface area contributed by atoms with E-state index in [-0.39, 0.29) is 5.91 Å². The van der Waals surface area contributed by atoms with Gasteiger partial charge in [0.15, 0.2) is 0 Å². The third-order valence-electron chi connectivity index (χ3n) is 5.19. The average molecular weight is 418 g/mol. The van der Waals surface area contributed by atoms with Gasteiger partial charge in [-0.3, -0.25) is 4.79 Å². The molecule has 0 fully saturated rings. The van der Waals surface area contributed by atoms with E-state index in [2.05, 4.69) is 38.2 Å². The predicted octanol–water partition coefficient (Wildman–Crippen LogP) is 7.19. The normalized spacial score (nSPS) is 12.8. The van der Waals surface area contributed by atoms with Gasteiger partial charge in [-0.25, -0.2) is 0 Å². The molecule has 2 N–H and O–H groups in total. The quantitative estimate of drug-likeness (QED) is 0.133. The Morgan fingerprint density at radius 2 is 1.33 bits per heavy atom. The van der Waals surface area contributed by atoms with E-state index in [4.69, 9.17) is 0 Å². The van der Waals surface area contributed by atoms with Crippen LogP contribution in [0, 0.1) is 0 Å². The minimum absolute atomic E-state index is 0.107. The Balaban J connectivity index is 4.27. The van der Waals surface area contributed by atoms with Crippen molar-refractivity contribution in [1.82, 2.24) is 5.32 Å². The van der Waals surface area contributed by atoms with Crippen LogP contribution >= 0.6 is 0 Å². The summed E-state index contributed by atoms with van der Waals surface area (Å²) in [5, 5.41) is 14.0. The Morgan fingerprint density at radius 3 is 1.90 bits per heavy atom. The summed E-state index contributed by atoms with van der Waals surface area (Å²) in [5.41, 5.74) is -0.772. The smallest absolute Gasteiger partial charge is 0.243 e. The number of aliphatic hydroxyl groups is 1. The van der Waals surface area contributed by atoms with Gasteiger partial charge in [-0.1, -0.05) is 115 Å². The second kappa shape index (κ2) is 20.7. The molecule has 0 bridgehead atoms. The first-order chi connectivity index (χ1) is 14.6. The highest BCUT2D eigenvalue weighted by Crippen LogP contribution is 2.22. The van der Waals surface area contributed by atoms with Crippen molar-refractivity contribution < 1.29 is 9.90 Å². The molecular weight excluding hydrogens is 370 g/mol. The van der Waals surface area contributed by atoms with E-state index < -0.39 is 5.60 Å². The topological polar surface area (TPSA) is 49.3 Å². The summed E-state index contributed by atoms with van der Waals surface area (Å²) >= 11 is 0. The molecule has 0 aromatic carbocycles. The zero-order valence-electron chi connectivity index (χ0n) is 19.9. The van der Waals surface area contributed by atoms with E-state index in [1.165, 1.54) is 25.7 Å². The lowest BCUT2D eigenvalue weighted by molar-refractivity contribution is -0.118. The Labute approximate surface area is 186 Å². The molecule has 30 heavy (non-hydrogen) atoms. The van der Waals surface area contributed by atoms with Crippen molar-refractivity contribution in [3.05, 3.63) is 48.6 Å². The fraction of sp³-hybridized carbons (Fsp3) is 0.667. The molecule has 0 unspecified atom stereocenters. The van der Waals surface area contributed by atoms with Gasteiger partial charge in [-0.2, -0.15) is 0 Å². The molecule has 0 aliphatic heterocycles. The lowest BCUT2D eigenvalue weighted by Crippen LogP contribution is -2.42. The van der Waals surface area contributed by atoms with E-state index in [1.807, 2.05) is 30.4 Å². The second-order valence-electron chi connectivity index (χ2n) is 8.19. The van der Waals surface area contributed by atoms with Crippen molar-refractivity contribution in [3.8, 4) is 0 Å². The number of allylic oxidation sites excluding steroid dienone is 7. The Hall–Kier alpha value is -1.61. The van der Waals surface area contributed by atoms with Crippen molar-refractivity contribution in [2.75, 3.05) is 6.54 Å². The number of rotatable bonds is 19. The second-order valence-corrected chi connectivity index (χ2v) is 8.19. The van der Waals surface area contributed by atoms with Crippen molar-refractivity contribution in [3.63, 3.8) is 0 Å². The van der Waals surface area contributed by atoms with Gasteiger partial charge in [0.05, 0.1) is 5.60 Å². The molecule has 0 aliphatic carbocycles. The molecule has 3 heteroatoms. The first-order valence-electron chi connectivity index (χ1n) is 12.2. The van der Waals surface area contributed by atoms with Crippen molar-refractivity contribution in [2.24, 2.45) is 0 Å². The molecule has 0 aliphatic rings. The minimum Gasteiger partial charge on any atom is -0.388 e. The van der Waals surface area contributed by atoms with E-state index in [1.54, 1.807) is 6.08 Å². The van der Waals surface area contributed by atoms with E-state index in [9.17, 15) is 9.90 Å².